The Morgan fingerprint density at radius 1 is 0.706 bits per heavy atom. The second kappa shape index (κ2) is 10.8. The Bertz CT molecular complexity index is 1220. The molecule has 0 aromatic heterocycles. The molecular formula is C26H25NO7. The van der Waals surface area contributed by atoms with Crippen LogP contribution in [0.5, 0.6) is 34.5 Å². The molecule has 0 fully saturated rings. The molecule has 0 saturated heterocycles. The highest BCUT2D eigenvalue weighted by molar-refractivity contribution is 6.03. The first-order valence-corrected chi connectivity index (χ1v) is 10.2. The van der Waals surface area contributed by atoms with Gasteiger partial charge in [-0.2, -0.15) is 0 Å². The molecule has 0 saturated carbocycles. The molecule has 0 spiro atoms. The summed E-state index contributed by atoms with van der Waals surface area (Å²) in [7, 11) is 4.61. The minimum Gasteiger partial charge on any atom is -0.506 e. The van der Waals surface area contributed by atoms with Crippen molar-refractivity contribution in [3.05, 3.63) is 71.3 Å². The van der Waals surface area contributed by atoms with Crippen LogP contribution >= 0.6 is 0 Å². The standard InChI is InChI=1S/C26H25NO7/c1-32-23-14-18(15-24(33-2)26(23)34-3)5-4-16-6-9-20(28)19(12-16)27-25(31)11-8-17-7-10-21(29)22(30)13-17/h4-15,28-30H,1-3H3,(H,27,31)/b5-4?,11-8+. The van der Waals surface area contributed by atoms with E-state index in [0.717, 1.165) is 11.1 Å². The summed E-state index contributed by atoms with van der Waals surface area (Å²) in [6, 6.07) is 12.6. The normalized spacial score (nSPS) is 11.0. The summed E-state index contributed by atoms with van der Waals surface area (Å²) in [5.41, 5.74) is 2.29. The number of ether oxygens (including phenoxy) is 3. The van der Waals surface area contributed by atoms with E-state index in [0.29, 0.717) is 22.8 Å². The minimum absolute atomic E-state index is 0.0889. The van der Waals surface area contributed by atoms with Crippen LogP contribution in [0.2, 0.25) is 0 Å². The van der Waals surface area contributed by atoms with Gasteiger partial charge in [-0.25, -0.2) is 0 Å². The monoisotopic (exact) mass is 463 g/mol. The maximum atomic E-state index is 12.3. The van der Waals surface area contributed by atoms with Crippen molar-refractivity contribution in [2.24, 2.45) is 0 Å². The Hall–Kier alpha value is -4.59. The summed E-state index contributed by atoms with van der Waals surface area (Å²) >= 11 is 0. The lowest BCUT2D eigenvalue weighted by Gasteiger charge is -2.12. The lowest BCUT2D eigenvalue weighted by atomic mass is 10.1. The predicted molar refractivity (Wildman–Crippen MR) is 131 cm³/mol. The number of aromatic hydroxyl groups is 3. The van der Waals surface area contributed by atoms with Gasteiger partial charge in [0.05, 0.1) is 27.0 Å². The highest BCUT2D eigenvalue weighted by atomic mass is 16.5. The first kappa shape index (κ1) is 24.1. The van der Waals surface area contributed by atoms with E-state index in [-0.39, 0.29) is 22.9 Å². The van der Waals surface area contributed by atoms with Crippen LogP contribution in [0.3, 0.4) is 0 Å². The molecule has 0 aliphatic rings. The minimum atomic E-state index is -0.478. The summed E-state index contributed by atoms with van der Waals surface area (Å²) in [5, 5.41) is 31.7. The highest BCUT2D eigenvalue weighted by Crippen LogP contribution is 2.38. The quantitative estimate of drug-likeness (QED) is 0.218. The average Bonchev–Trinajstić information content (AvgIpc) is 2.84. The van der Waals surface area contributed by atoms with Crippen LogP contribution < -0.4 is 19.5 Å². The largest absolute Gasteiger partial charge is 0.506 e. The topological polar surface area (TPSA) is 117 Å². The van der Waals surface area contributed by atoms with Crippen molar-refractivity contribution in [3.63, 3.8) is 0 Å². The van der Waals surface area contributed by atoms with Gasteiger partial charge in [0.25, 0.3) is 0 Å². The lowest BCUT2D eigenvalue weighted by Crippen LogP contribution is -2.08. The van der Waals surface area contributed by atoms with Crippen LogP contribution in [0.4, 0.5) is 5.69 Å². The molecule has 0 atom stereocenters. The third-order valence-corrected chi connectivity index (χ3v) is 4.86. The highest BCUT2D eigenvalue weighted by Gasteiger charge is 2.12. The molecule has 0 heterocycles. The van der Waals surface area contributed by atoms with Crippen LogP contribution in [0.1, 0.15) is 16.7 Å². The van der Waals surface area contributed by atoms with Crippen LogP contribution in [0.25, 0.3) is 18.2 Å². The van der Waals surface area contributed by atoms with Gasteiger partial charge in [-0.15, -0.1) is 0 Å². The van der Waals surface area contributed by atoms with E-state index >= 15 is 0 Å². The van der Waals surface area contributed by atoms with Crippen LogP contribution in [0, 0.1) is 0 Å². The molecule has 0 bridgehead atoms. The molecule has 0 aliphatic heterocycles. The number of methoxy groups -OCH3 is 3. The van der Waals surface area contributed by atoms with Crippen molar-refractivity contribution in [1.82, 2.24) is 0 Å². The van der Waals surface area contributed by atoms with Crippen molar-refractivity contribution < 1.29 is 34.3 Å². The second-order valence-corrected chi connectivity index (χ2v) is 7.14. The number of amides is 1. The Labute approximate surface area is 197 Å². The van der Waals surface area contributed by atoms with Gasteiger partial charge < -0.3 is 34.8 Å². The summed E-state index contributed by atoms with van der Waals surface area (Å²) in [6.07, 6.45) is 6.37. The Kier molecular flexibility index (Phi) is 7.66. The summed E-state index contributed by atoms with van der Waals surface area (Å²) in [4.78, 5) is 12.3. The fraction of sp³-hybridized carbons (Fsp3) is 0.115. The average molecular weight is 463 g/mol. The van der Waals surface area contributed by atoms with Crippen LogP contribution in [-0.2, 0) is 4.79 Å². The Morgan fingerprint density at radius 3 is 1.88 bits per heavy atom. The maximum Gasteiger partial charge on any atom is 0.248 e. The SMILES string of the molecule is COc1cc(C=Cc2ccc(O)c(NC(=O)/C=C/c3ccc(O)c(O)c3)c2)cc(OC)c1OC. The number of carbonyl (C=O) groups excluding carboxylic acids is 1. The van der Waals surface area contributed by atoms with Crippen molar-refractivity contribution in [2.75, 3.05) is 26.6 Å². The first-order chi connectivity index (χ1) is 16.3. The van der Waals surface area contributed by atoms with Crippen LogP contribution in [0.15, 0.2) is 54.6 Å². The van der Waals surface area contributed by atoms with E-state index in [1.54, 1.807) is 44.6 Å². The molecule has 0 radical (unpaired) electrons. The smallest absolute Gasteiger partial charge is 0.248 e. The molecule has 0 unspecified atom stereocenters. The maximum absolute atomic E-state index is 12.3. The lowest BCUT2D eigenvalue weighted by molar-refractivity contribution is -0.111. The Balaban J connectivity index is 1.77. The molecule has 8 heteroatoms. The third kappa shape index (κ3) is 5.80. The number of phenolic OH excluding ortho intramolecular Hbond substituents is 3. The van der Waals surface area contributed by atoms with E-state index in [4.69, 9.17) is 14.2 Å². The van der Waals surface area contributed by atoms with Crippen molar-refractivity contribution >= 4 is 29.8 Å². The van der Waals surface area contributed by atoms with Gasteiger partial charge in [0.1, 0.15) is 5.75 Å². The number of hydrogen-bond acceptors (Lipinski definition) is 7. The molecule has 3 rings (SSSR count). The molecule has 8 nitrogen and oxygen atoms in total. The molecule has 0 aliphatic carbocycles. The first-order valence-electron chi connectivity index (χ1n) is 10.2. The fourth-order valence-electron chi connectivity index (χ4n) is 3.14. The number of hydrogen-bond donors (Lipinski definition) is 4. The molecule has 176 valence electrons. The van der Waals surface area contributed by atoms with Gasteiger partial charge in [0, 0.05) is 6.08 Å². The zero-order chi connectivity index (χ0) is 24.7. The van der Waals surface area contributed by atoms with Crippen molar-refractivity contribution in [3.8, 4) is 34.5 Å². The molecule has 3 aromatic carbocycles. The van der Waals surface area contributed by atoms with Crippen molar-refractivity contribution in [2.45, 2.75) is 0 Å². The number of anilines is 1. The molecule has 3 aromatic rings. The fourth-order valence-corrected chi connectivity index (χ4v) is 3.14. The molecular weight excluding hydrogens is 438 g/mol. The van der Waals surface area contributed by atoms with E-state index in [1.807, 2.05) is 12.2 Å². The summed E-state index contributed by atoms with van der Waals surface area (Å²) in [5.74, 6) is 0.437. The second-order valence-electron chi connectivity index (χ2n) is 7.14. The van der Waals surface area contributed by atoms with Crippen molar-refractivity contribution in [1.29, 1.82) is 0 Å². The summed E-state index contributed by atoms with van der Waals surface area (Å²) < 4.78 is 16.1. The Morgan fingerprint density at radius 2 is 1.29 bits per heavy atom. The van der Waals surface area contributed by atoms with E-state index in [9.17, 15) is 20.1 Å². The van der Waals surface area contributed by atoms with E-state index in [2.05, 4.69) is 5.32 Å². The zero-order valence-corrected chi connectivity index (χ0v) is 18.9. The molecule has 1 amide bonds. The number of nitrogens with one attached hydrogen (secondary N) is 1. The zero-order valence-electron chi connectivity index (χ0n) is 18.9. The third-order valence-electron chi connectivity index (χ3n) is 4.86. The van der Waals surface area contributed by atoms with Gasteiger partial charge in [-0.1, -0.05) is 24.3 Å². The number of carbonyl (C=O) groups is 1. The van der Waals surface area contributed by atoms with E-state index in [1.165, 1.54) is 37.5 Å². The van der Waals surface area contributed by atoms with Gasteiger partial charge in [0.15, 0.2) is 23.0 Å². The van der Waals surface area contributed by atoms with Gasteiger partial charge in [-0.3, -0.25) is 4.79 Å². The summed E-state index contributed by atoms with van der Waals surface area (Å²) in [6.45, 7) is 0. The number of rotatable bonds is 8. The molecule has 4 N–H and O–H groups in total. The van der Waals surface area contributed by atoms with Gasteiger partial charge >= 0.3 is 0 Å². The number of benzene rings is 3. The van der Waals surface area contributed by atoms with Crippen LogP contribution in [-0.4, -0.2) is 42.6 Å². The predicted octanol–water partition coefficient (Wildman–Crippen LogP) is 4.65. The number of phenols is 3. The molecule has 34 heavy (non-hydrogen) atoms. The van der Waals surface area contributed by atoms with E-state index < -0.39 is 5.91 Å². The van der Waals surface area contributed by atoms with Gasteiger partial charge in [0.2, 0.25) is 11.7 Å². The van der Waals surface area contributed by atoms with Gasteiger partial charge in [-0.05, 0) is 59.2 Å².